The number of hydrogen-bond acceptors (Lipinski definition) is 6. The minimum absolute atomic E-state index is 0.0232. The molecule has 9 heteroatoms. The van der Waals surface area contributed by atoms with Crippen molar-refractivity contribution < 1.29 is 33.8 Å². The van der Waals surface area contributed by atoms with Gasteiger partial charge in [-0.2, -0.15) is 0 Å². The van der Waals surface area contributed by atoms with Crippen LogP contribution in [0.2, 0.25) is 0 Å². The molecule has 9 nitrogen and oxygen atoms in total. The molecule has 3 atom stereocenters. The van der Waals surface area contributed by atoms with E-state index in [1.165, 1.54) is 6.08 Å². The highest BCUT2D eigenvalue weighted by atomic mass is 16.5. The largest absolute Gasteiger partial charge is 0.480 e. The maximum Gasteiger partial charge on any atom is 0.329 e. The predicted molar refractivity (Wildman–Crippen MR) is 94.5 cm³/mol. The van der Waals surface area contributed by atoms with Gasteiger partial charge in [-0.3, -0.25) is 29.4 Å². The number of aliphatic carboxylic acids is 1. The molecule has 0 bridgehead atoms. The van der Waals surface area contributed by atoms with Gasteiger partial charge in [-0.15, -0.1) is 0 Å². The van der Waals surface area contributed by atoms with E-state index in [1.807, 2.05) is 0 Å². The standard InChI is InChI=1S/C19H22N2O7/c1-18(2,3)19(28-9-13(23)24)8-4-5-10-14(19)17(27)21(16(10)26)11-6-7-12(22)20-15(11)25/h4-5,8,11,14H,6-7,9H2,1-3H3,(H,23,24)(H,20,22,25). The molecule has 0 aromatic rings. The summed E-state index contributed by atoms with van der Waals surface area (Å²) in [5, 5.41) is 11.2. The number of carboxylic acid groups (broad SMARTS) is 1. The highest BCUT2D eigenvalue weighted by Gasteiger charge is 2.61. The third-order valence-electron chi connectivity index (χ3n) is 5.44. The Hall–Kier alpha value is -2.81. The lowest BCUT2D eigenvalue weighted by Crippen LogP contribution is -2.57. The first kappa shape index (κ1) is 19.9. The highest BCUT2D eigenvalue weighted by Crippen LogP contribution is 2.50. The van der Waals surface area contributed by atoms with Crippen molar-refractivity contribution in [1.29, 1.82) is 0 Å². The number of fused-ring (bicyclic) bond motifs is 1. The second kappa shape index (κ2) is 6.66. The van der Waals surface area contributed by atoms with Gasteiger partial charge in [0.2, 0.25) is 17.7 Å². The van der Waals surface area contributed by atoms with Gasteiger partial charge in [-0.25, -0.2) is 4.79 Å². The molecule has 0 aromatic heterocycles. The number of amides is 4. The van der Waals surface area contributed by atoms with Crippen LogP contribution in [0.25, 0.3) is 0 Å². The van der Waals surface area contributed by atoms with Gasteiger partial charge < -0.3 is 9.84 Å². The lowest BCUT2D eigenvalue weighted by Gasteiger charge is -2.46. The molecule has 28 heavy (non-hydrogen) atoms. The van der Waals surface area contributed by atoms with Crippen LogP contribution >= 0.6 is 0 Å². The summed E-state index contributed by atoms with van der Waals surface area (Å²) in [5.41, 5.74) is -1.96. The molecule has 4 amide bonds. The molecule has 0 aromatic carbocycles. The van der Waals surface area contributed by atoms with Crippen molar-refractivity contribution in [2.45, 2.75) is 45.3 Å². The van der Waals surface area contributed by atoms with E-state index < -0.39 is 59.2 Å². The lowest BCUT2D eigenvalue weighted by atomic mass is 9.65. The van der Waals surface area contributed by atoms with Crippen molar-refractivity contribution in [2.24, 2.45) is 11.3 Å². The van der Waals surface area contributed by atoms with Gasteiger partial charge in [-0.05, 0) is 11.8 Å². The topological polar surface area (TPSA) is 130 Å². The second-order valence-electron chi connectivity index (χ2n) is 8.12. The maximum atomic E-state index is 13.3. The van der Waals surface area contributed by atoms with Gasteiger partial charge in [0.25, 0.3) is 5.91 Å². The van der Waals surface area contributed by atoms with Crippen LogP contribution in [0.15, 0.2) is 23.8 Å². The quantitative estimate of drug-likeness (QED) is 0.654. The van der Waals surface area contributed by atoms with Crippen LogP contribution in [0.3, 0.4) is 0 Å². The molecule has 3 rings (SSSR count). The first-order valence-electron chi connectivity index (χ1n) is 8.96. The molecule has 2 aliphatic heterocycles. The Bertz CT molecular complexity index is 836. The Balaban J connectivity index is 2.03. The number of allylic oxidation sites excluding steroid dienone is 2. The van der Waals surface area contributed by atoms with Crippen molar-refractivity contribution in [1.82, 2.24) is 10.2 Å². The van der Waals surface area contributed by atoms with Crippen molar-refractivity contribution in [3.8, 4) is 0 Å². The number of nitrogens with one attached hydrogen (secondary N) is 1. The normalized spacial score (nSPS) is 30.2. The summed E-state index contributed by atoms with van der Waals surface area (Å²) < 4.78 is 5.73. The van der Waals surface area contributed by atoms with Crippen LogP contribution in [0, 0.1) is 11.3 Å². The monoisotopic (exact) mass is 390 g/mol. The summed E-state index contributed by atoms with van der Waals surface area (Å²) in [6.07, 6.45) is 4.73. The van der Waals surface area contributed by atoms with Crippen molar-refractivity contribution in [3.63, 3.8) is 0 Å². The van der Waals surface area contributed by atoms with E-state index in [-0.39, 0.29) is 18.4 Å². The van der Waals surface area contributed by atoms with Crippen LogP contribution in [-0.2, 0) is 28.7 Å². The molecule has 3 unspecified atom stereocenters. The van der Waals surface area contributed by atoms with Gasteiger partial charge >= 0.3 is 5.97 Å². The molecule has 0 radical (unpaired) electrons. The molecule has 1 aliphatic carbocycles. The smallest absolute Gasteiger partial charge is 0.329 e. The summed E-state index contributed by atoms with van der Waals surface area (Å²) in [5.74, 6) is -4.68. The van der Waals surface area contributed by atoms with Crippen molar-refractivity contribution in [2.75, 3.05) is 6.61 Å². The summed E-state index contributed by atoms with van der Waals surface area (Å²) in [7, 11) is 0. The molecule has 2 saturated heterocycles. The number of imide groups is 2. The number of hydrogen-bond donors (Lipinski definition) is 2. The first-order chi connectivity index (χ1) is 13.0. The van der Waals surface area contributed by atoms with Gasteiger partial charge in [0.05, 0.1) is 0 Å². The minimum Gasteiger partial charge on any atom is -0.480 e. The molecular weight excluding hydrogens is 368 g/mol. The average Bonchev–Trinajstić information content (AvgIpc) is 2.84. The number of carbonyl (C=O) groups is 5. The predicted octanol–water partition coefficient (Wildman–Crippen LogP) is 0.159. The Morgan fingerprint density at radius 2 is 2.00 bits per heavy atom. The van der Waals surface area contributed by atoms with Crippen molar-refractivity contribution in [3.05, 3.63) is 23.8 Å². The van der Waals surface area contributed by atoms with E-state index in [9.17, 15) is 24.0 Å². The second-order valence-corrected chi connectivity index (χ2v) is 8.12. The Labute approximate surface area is 161 Å². The molecular formula is C19H22N2O7. The van der Waals surface area contributed by atoms with E-state index in [2.05, 4.69) is 5.32 Å². The lowest BCUT2D eigenvalue weighted by molar-refractivity contribution is -0.166. The minimum atomic E-state index is -1.38. The summed E-state index contributed by atoms with van der Waals surface area (Å²) in [4.78, 5) is 62.0. The zero-order chi connectivity index (χ0) is 20.9. The number of carbonyl (C=O) groups excluding carboxylic acids is 4. The van der Waals surface area contributed by atoms with Crippen LogP contribution in [0.4, 0.5) is 0 Å². The fourth-order valence-corrected chi connectivity index (χ4v) is 4.04. The summed E-state index contributed by atoms with van der Waals surface area (Å²) >= 11 is 0. The first-order valence-corrected chi connectivity index (χ1v) is 8.96. The number of carboxylic acids is 1. The van der Waals surface area contributed by atoms with E-state index in [1.54, 1.807) is 32.9 Å². The Morgan fingerprint density at radius 1 is 1.32 bits per heavy atom. The number of nitrogens with zero attached hydrogens (tertiary/aromatic N) is 1. The zero-order valence-corrected chi connectivity index (χ0v) is 15.9. The van der Waals surface area contributed by atoms with Crippen LogP contribution in [0.5, 0.6) is 0 Å². The summed E-state index contributed by atoms with van der Waals surface area (Å²) in [6, 6.07) is -1.08. The van der Waals surface area contributed by atoms with Gasteiger partial charge in [-0.1, -0.05) is 39.0 Å². The molecule has 3 aliphatic rings. The SMILES string of the molecule is CC(C)(C)C1(OCC(=O)O)C=CC=C2C(=O)N(C3CCC(=O)NC3=O)C(=O)C21. The number of rotatable bonds is 4. The van der Waals surface area contributed by atoms with Gasteiger partial charge in [0.1, 0.15) is 24.2 Å². The van der Waals surface area contributed by atoms with Crippen LogP contribution in [0.1, 0.15) is 33.6 Å². The van der Waals surface area contributed by atoms with Gasteiger partial charge in [0.15, 0.2) is 0 Å². The Morgan fingerprint density at radius 3 is 2.57 bits per heavy atom. The molecule has 2 fully saturated rings. The van der Waals surface area contributed by atoms with E-state index in [4.69, 9.17) is 9.84 Å². The fourth-order valence-electron chi connectivity index (χ4n) is 4.04. The number of piperidine rings is 1. The number of ether oxygens (including phenoxy) is 1. The zero-order valence-electron chi connectivity index (χ0n) is 15.9. The summed E-state index contributed by atoms with van der Waals surface area (Å²) in [6.45, 7) is 4.71. The van der Waals surface area contributed by atoms with E-state index in [0.29, 0.717) is 0 Å². The van der Waals surface area contributed by atoms with Crippen LogP contribution < -0.4 is 5.32 Å². The van der Waals surface area contributed by atoms with E-state index in [0.717, 1.165) is 4.90 Å². The third kappa shape index (κ3) is 2.95. The van der Waals surface area contributed by atoms with Crippen molar-refractivity contribution >= 4 is 29.6 Å². The van der Waals surface area contributed by atoms with Crippen LogP contribution in [-0.4, -0.2) is 57.9 Å². The molecule has 2 heterocycles. The fraction of sp³-hybridized carbons (Fsp3) is 0.526. The number of likely N-dealkylation sites (tertiary alicyclic amines) is 1. The Kier molecular flexibility index (Phi) is 4.74. The van der Waals surface area contributed by atoms with E-state index >= 15 is 0 Å². The molecule has 0 saturated carbocycles. The average molecular weight is 390 g/mol. The highest BCUT2D eigenvalue weighted by molar-refractivity contribution is 6.18. The third-order valence-corrected chi connectivity index (χ3v) is 5.44. The molecule has 2 N–H and O–H groups in total. The molecule has 0 spiro atoms. The maximum absolute atomic E-state index is 13.3. The van der Waals surface area contributed by atoms with Gasteiger partial charge in [0, 0.05) is 12.0 Å². The molecule has 150 valence electrons.